The minimum Gasteiger partial charge on any atom is -0.357 e. The minimum atomic E-state index is 1.02. The van der Waals surface area contributed by atoms with E-state index in [0.29, 0.717) is 0 Å². The highest BCUT2D eigenvalue weighted by Gasteiger charge is 2.08. The number of aryl methyl sites for hydroxylation is 4. The Bertz CT molecular complexity index is 757. The van der Waals surface area contributed by atoms with Crippen molar-refractivity contribution in [2.24, 2.45) is 7.05 Å². The third kappa shape index (κ3) is 2.62. The van der Waals surface area contributed by atoms with Gasteiger partial charge in [-0.15, -0.1) is 0 Å². The Balaban J connectivity index is 2.02. The van der Waals surface area contributed by atoms with E-state index in [-0.39, 0.29) is 0 Å². The molecule has 2 heterocycles. The highest BCUT2D eigenvalue weighted by Crippen LogP contribution is 2.29. The van der Waals surface area contributed by atoms with Crippen LogP contribution in [0.1, 0.15) is 16.7 Å². The predicted molar refractivity (Wildman–Crippen MR) is 88.3 cm³/mol. The second-order valence-electron chi connectivity index (χ2n) is 5.77. The number of hydrogen-bond donors (Lipinski definition) is 0. The zero-order valence-electron chi connectivity index (χ0n) is 13.0. The van der Waals surface area contributed by atoms with Gasteiger partial charge >= 0.3 is 0 Å². The van der Waals surface area contributed by atoms with Gasteiger partial charge in [0.05, 0.1) is 5.69 Å². The van der Waals surface area contributed by atoms with Gasteiger partial charge in [-0.1, -0.05) is 23.8 Å². The van der Waals surface area contributed by atoms with E-state index in [9.17, 15) is 0 Å². The summed E-state index contributed by atoms with van der Waals surface area (Å²) in [6.07, 6.45) is 6.11. The van der Waals surface area contributed by atoms with E-state index >= 15 is 0 Å². The smallest absolute Gasteiger partial charge is 0.0717 e. The molecule has 106 valence electrons. The molecule has 0 atom stereocenters. The topological polar surface area (TPSA) is 17.8 Å². The summed E-state index contributed by atoms with van der Waals surface area (Å²) in [7, 11) is 2.02. The lowest BCUT2D eigenvalue weighted by atomic mass is 9.94. The van der Waals surface area contributed by atoms with Crippen molar-refractivity contribution in [2.45, 2.75) is 20.8 Å². The molecule has 2 nitrogen and oxygen atoms in total. The molecule has 0 N–H and O–H groups in total. The summed E-state index contributed by atoms with van der Waals surface area (Å²) in [5, 5.41) is 0. The van der Waals surface area contributed by atoms with Crippen molar-refractivity contribution in [1.82, 2.24) is 9.55 Å². The number of pyridine rings is 1. The van der Waals surface area contributed by atoms with Crippen molar-refractivity contribution in [3.8, 4) is 22.4 Å². The lowest BCUT2D eigenvalue weighted by Gasteiger charge is -2.11. The van der Waals surface area contributed by atoms with Gasteiger partial charge in [-0.25, -0.2) is 0 Å². The van der Waals surface area contributed by atoms with Crippen LogP contribution in [0.3, 0.4) is 0 Å². The largest absolute Gasteiger partial charge is 0.357 e. The van der Waals surface area contributed by atoms with Crippen LogP contribution >= 0.6 is 0 Å². The van der Waals surface area contributed by atoms with Gasteiger partial charge in [0.15, 0.2) is 0 Å². The Morgan fingerprint density at radius 1 is 0.905 bits per heavy atom. The molecule has 0 saturated carbocycles. The monoisotopic (exact) mass is 276 g/mol. The van der Waals surface area contributed by atoms with Crippen LogP contribution in [-0.2, 0) is 7.05 Å². The maximum Gasteiger partial charge on any atom is 0.0717 e. The highest BCUT2D eigenvalue weighted by molar-refractivity contribution is 5.72. The maximum atomic E-state index is 4.63. The molecule has 0 aliphatic rings. The molecule has 0 spiro atoms. The third-order valence-electron chi connectivity index (χ3n) is 3.86. The molecule has 0 aliphatic heterocycles. The molecule has 1 aromatic carbocycles. The van der Waals surface area contributed by atoms with Crippen LogP contribution in [0.2, 0.25) is 0 Å². The van der Waals surface area contributed by atoms with Crippen molar-refractivity contribution >= 4 is 0 Å². The fourth-order valence-corrected chi connectivity index (χ4v) is 3.00. The summed E-state index contributed by atoms with van der Waals surface area (Å²) >= 11 is 0. The normalized spacial score (nSPS) is 10.9. The van der Waals surface area contributed by atoms with Gasteiger partial charge in [-0.2, -0.15) is 0 Å². The van der Waals surface area contributed by atoms with E-state index in [1.165, 1.54) is 27.8 Å². The van der Waals surface area contributed by atoms with Crippen molar-refractivity contribution in [1.29, 1.82) is 0 Å². The number of aromatic nitrogens is 2. The highest BCUT2D eigenvalue weighted by atomic mass is 14.9. The zero-order chi connectivity index (χ0) is 15.0. The molecule has 2 heteroatoms. The molecule has 0 bridgehead atoms. The minimum absolute atomic E-state index is 1.02. The number of benzene rings is 1. The number of hydrogen-bond acceptors (Lipinski definition) is 1. The second-order valence-corrected chi connectivity index (χ2v) is 5.77. The zero-order valence-corrected chi connectivity index (χ0v) is 13.0. The van der Waals surface area contributed by atoms with E-state index in [1.807, 2.05) is 24.0 Å². The first-order valence-corrected chi connectivity index (χ1v) is 7.21. The van der Waals surface area contributed by atoms with Crippen molar-refractivity contribution in [3.05, 3.63) is 65.6 Å². The van der Waals surface area contributed by atoms with Crippen LogP contribution in [0.25, 0.3) is 22.4 Å². The van der Waals surface area contributed by atoms with Crippen molar-refractivity contribution in [2.75, 3.05) is 0 Å². The maximum absolute atomic E-state index is 4.63. The molecule has 0 saturated heterocycles. The first-order valence-electron chi connectivity index (χ1n) is 7.21. The van der Waals surface area contributed by atoms with Crippen LogP contribution in [0.15, 0.2) is 48.9 Å². The SMILES string of the molecule is Cc1cc(C)c(-c2ccc(-c3ccn(C)c3)nc2)c(C)c1. The average molecular weight is 276 g/mol. The van der Waals surface area contributed by atoms with E-state index in [0.717, 1.165) is 11.3 Å². The summed E-state index contributed by atoms with van der Waals surface area (Å²) < 4.78 is 2.04. The number of rotatable bonds is 2. The van der Waals surface area contributed by atoms with E-state index in [2.05, 4.69) is 62.3 Å². The van der Waals surface area contributed by atoms with Gasteiger partial charge in [-0.3, -0.25) is 4.98 Å². The third-order valence-corrected chi connectivity index (χ3v) is 3.86. The Labute approximate surface area is 126 Å². The molecular weight excluding hydrogens is 256 g/mol. The fraction of sp³-hybridized carbons (Fsp3) is 0.211. The van der Waals surface area contributed by atoms with Crippen LogP contribution in [-0.4, -0.2) is 9.55 Å². The van der Waals surface area contributed by atoms with Gasteiger partial charge in [-0.05, 0) is 49.6 Å². The summed E-state index contributed by atoms with van der Waals surface area (Å²) in [6.45, 7) is 6.47. The molecule has 0 amide bonds. The fourth-order valence-electron chi connectivity index (χ4n) is 3.00. The van der Waals surface area contributed by atoms with Crippen molar-refractivity contribution in [3.63, 3.8) is 0 Å². The Kier molecular flexibility index (Phi) is 3.38. The van der Waals surface area contributed by atoms with Gasteiger partial charge in [0, 0.05) is 36.8 Å². The Hall–Kier alpha value is -2.35. The van der Waals surface area contributed by atoms with Crippen LogP contribution < -0.4 is 0 Å². The lowest BCUT2D eigenvalue weighted by molar-refractivity contribution is 0.928. The molecule has 21 heavy (non-hydrogen) atoms. The Morgan fingerprint density at radius 3 is 2.14 bits per heavy atom. The molecular formula is C19H20N2. The van der Waals surface area contributed by atoms with Gasteiger partial charge in [0.25, 0.3) is 0 Å². The van der Waals surface area contributed by atoms with Crippen LogP contribution in [0.5, 0.6) is 0 Å². The summed E-state index contributed by atoms with van der Waals surface area (Å²) in [5.74, 6) is 0. The van der Waals surface area contributed by atoms with E-state index < -0.39 is 0 Å². The first kappa shape index (κ1) is 13.6. The Morgan fingerprint density at radius 2 is 1.62 bits per heavy atom. The average Bonchev–Trinajstić information content (AvgIpc) is 2.85. The van der Waals surface area contributed by atoms with Gasteiger partial charge in [0.2, 0.25) is 0 Å². The van der Waals surface area contributed by atoms with Gasteiger partial charge in [0.1, 0.15) is 0 Å². The summed E-state index contributed by atoms with van der Waals surface area (Å²) in [6, 6.07) is 10.8. The van der Waals surface area contributed by atoms with Crippen molar-refractivity contribution < 1.29 is 0 Å². The van der Waals surface area contributed by atoms with Gasteiger partial charge < -0.3 is 4.57 Å². The summed E-state index contributed by atoms with van der Waals surface area (Å²) in [4.78, 5) is 4.63. The van der Waals surface area contributed by atoms with E-state index in [4.69, 9.17) is 0 Å². The second kappa shape index (κ2) is 5.21. The number of nitrogens with zero attached hydrogens (tertiary/aromatic N) is 2. The predicted octanol–water partition coefficient (Wildman–Crippen LogP) is 4.68. The molecule has 0 aliphatic carbocycles. The van der Waals surface area contributed by atoms with E-state index in [1.54, 1.807) is 0 Å². The molecule has 2 aromatic heterocycles. The summed E-state index contributed by atoms with van der Waals surface area (Å²) in [5.41, 5.74) is 8.58. The molecule has 0 fully saturated rings. The van der Waals surface area contributed by atoms with Crippen LogP contribution in [0, 0.1) is 20.8 Å². The molecule has 0 radical (unpaired) electrons. The molecule has 3 rings (SSSR count). The van der Waals surface area contributed by atoms with Crippen LogP contribution in [0.4, 0.5) is 0 Å². The molecule has 0 unspecified atom stereocenters. The first-order chi connectivity index (χ1) is 10.0. The molecule has 3 aromatic rings. The lowest BCUT2D eigenvalue weighted by Crippen LogP contribution is -1.91. The quantitative estimate of drug-likeness (QED) is 0.664. The standard InChI is InChI=1S/C19H20N2/c1-13-9-14(2)19(15(3)10-13)16-5-6-18(20-11-16)17-7-8-21(4)12-17/h5-12H,1-4H3.